The van der Waals surface area contributed by atoms with Gasteiger partial charge in [-0.15, -0.1) is 0 Å². The third-order valence-electron chi connectivity index (χ3n) is 5.14. The molecule has 0 bridgehead atoms. The predicted octanol–water partition coefficient (Wildman–Crippen LogP) is 7.17. The zero-order valence-electron chi connectivity index (χ0n) is 20.1. The van der Waals surface area contributed by atoms with Gasteiger partial charge in [0, 0.05) is 13.0 Å². The van der Waals surface area contributed by atoms with Gasteiger partial charge < -0.3 is 14.8 Å². The molecule has 5 nitrogen and oxygen atoms in total. The van der Waals surface area contributed by atoms with Gasteiger partial charge in [0.05, 0.1) is 13.2 Å². The van der Waals surface area contributed by atoms with E-state index in [1.807, 2.05) is 13.8 Å². The van der Waals surface area contributed by atoms with Gasteiger partial charge in [0.15, 0.2) is 0 Å². The molecule has 0 saturated carbocycles. The summed E-state index contributed by atoms with van der Waals surface area (Å²) in [4.78, 5) is 23.1. The van der Waals surface area contributed by atoms with Crippen LogP contribution < -0.4 is 5.32 Å². The number of carbonyl (C=O) groups is 2. The molecular weight excluding hydrogens is 378 g/mol. The lowest BCUT2D eigenvalue weighted by atomic mass is 10.1. The Morgan fingerprint density at radius 1 is 0.700 bits per heavy atom. The summed E-state index contributed by atoms with van der Waals surface area (Å²) >= 11 is 0. The number of hydrogen-bond donors (Lipinski definition) is 1. The number of amides is 1. The number of ether oxygens (including phenoxy) is 2. The van der Waals surface area contributed by atoms with Gasteiger partial charge in [-0.1, -0.05) is 97.8 Å². The lowest BCUT2D eigenvalue weighted by Gasteiger charge is -2.08. The van der Waals surface area contributed by atoms with E-state index in [9.17, 15) is 9.59 Å². The molecule has 0 aliphatic rings. The average molecular weight is 428 g/mol. The van der Waals surface area contributed by atoms with Gasteiger partial charge in [0.2, 0.25) is 0 Å². The maximum Gasteiger partial charge on any atom is 0.407 e. The standard InChI is InChI=1S/C25H49NO4/c1-4-5-6-7-8-9-10-11-12-13-14-18-21-29-24(27)19-16-15-17-20-26-25(28)30-22-23(2)3/h23H,4-22H2,1-3H3,(H,26,28). The molecule has 0 unspecified atom stereocenters. The molecule has 0 heterocycles. The summed E-state index contributed by atoms with van der Waals surface area (Å²) in [5.74, 6) is 0.249. The van der Waals surface area contributed by atoms with E-state index < -0.39 is 0 Å². The van der Waals surface area contributed by atoms with Crippen LogP contribution in [0.4, 0.5) is 4.79 Å². The summed E-state index contributed by atoms with van der Waals surface area (Å²) in [5.41, 5.74) is 0. The van der Waals surface area contributed by atoms with Crippen LogP contribution in [0.3, 0.4) is 0 Å². The first-order chi connectivity index (χ1) is 14.6. The van der Waals surface area contributed by atoms with Crippen molar-refractivity contribution in [1.29, 1.82) is 0 Å². The zero-order valence-corrected chi connectivity index (χ0v) is 20.1. The van der Waals surface area contributed by atoms with Crippen molar-refractivity contribution in [2.24, 2.45) is 5.92 Å². The largest absolute Gasteiger partial charge is 0.466 e. The van der Waals surface area contributed by atoms with E-state index in [4.69, 9.17) is 9.47 Å². The van der Waals surface area contributed by atoms with E-state index in [0.717, 1.165) is 32.1 Å². The minimum absolute atomic E-state index is 0.0950. The van der Waals surface area contributed by atoms with Crippen LogP contribution in [0.25, 0.3) is 0 Å². The van der Waals surface area contributed by atoms with E-state index >= 15 is 0 Å². The van der Waals surface area contributed by atoms with E-state index in [-0.39, 0.29) is 12.1 Å². The molecule has 0 rings (SSSR count). The molecule has 30 heavy (non-hydrogen) atoms. The van der Waals surface area contributed by atoms with Crippen molar-refractivity contribution in [2.75, 3.05) is 19.8 Å². The fourth-order valence-electron chi connectivity index (χ4n) is 3.26. The summed E-state index contributed by atoms with van der Waals surface area (Å²) in [7, 11) is 0. The maximum absolute atomic E-state index is 11.7. The number of unbranched alkanes of at least 4 members (excludes halogenated alkanes) is 13. The molecule has 0 spiro atoms. The molecular formula is C25H49NO4. The van der Waals surface area contributed by atoms with Crippen molar-refractivity contribution in [3.8, 4) is 0 Å². The number of rotatable bonds is 21. The third-order valence-corrected chi connectivity index (χ3v) is 5.14. The monoisotopic (exact) mass is 427 g/mol. The lowest BCUT2D eigenvalue weighted by Crippen LogP contribution is -2.26. The minimum atomic E-state index is -0.356. The number of hydrogen-bond acceptors (Lipinski definition) is 4. The van der Waals surface area contributed by atoms with Crippen molar-refractivity contribution in [2.45, 2.75) is 124 Å². The SMILES string of the molecule is CCCCCCCCCCCCCCOC(=O)CCCCCNC(=O)OCC(C)C. The van der Waals surface area contributed by atoms with Gasteiger partial charge in [-0.05, 0) is 25.2 Å². The van der Waals surface area contributed by atoms with Crippen LogP contribution in [0.5, 0.6) is 0 Å². The molecule has 0 radical (unpaired) electrons. The highest BCUT2D eigenvalue weighted by Crippen LogP contribution is 2.12. The van der Waals surface area contributed by atoms with E-state index in [1.165, 1.54) is 64.2 Å². The summed E-state index contributed by atoms with van der Waals surface area (Å²) in [6, 6.07) is 0. The molecule has 0 aromatic rings. The summed E-state index contributed by atoms with van der Waals surface area (Å²) in [5, 5.41) is 2.73. The van der Waals surface area contributed by atoms with Crippen LogP contribution in [0.2, 0.25) is 0 Å². The second-order valence-corrected chi connectivity index (χ2v) is 8.84. The molecule has 0 atom stereocenters. The van der Waals surface area contributed by atoms with E-state index in [2.05, 4.69) is 12.2 Å². The molecule has 0 aromatic heterocycles. The Hall–Kier alpha value is -1.26. The predicted molar refractivity (Wildman–Crippen MR) is 125 cm³/mol. The van der Waals surface area contributed by atoms with Gasteiger partial charge in [-0.25, -0.2) is 4.79 Å². The van der Waals surface area contributed by atoms with Gasteiger partial charge in [-0.3, -0.25) is 4.79 Å². The first-order valence-electron chi connectivity index (χ1n) is 12.6. The molecule has 0 aliphatic carbocycles. The lowest BCUT2D eigenvalue weighted by molar-refractivity contribution is -0.143. The number of carbonyl (C=O) groups excluding carboxylic acids is 2. The van der Waals surface area contributed by atoms with Gasteiger partial charge in [0.25, 0.3) is 0 Å². The van der Waals surface area contributed by atoms with Crippen LogP contribution in [0.15, 0.2) is 0 Å². The van der Waals surface area contributed by atoms with Crippen LogP contribution in [0.1, 0.15) is 124 Å². The Labute approximate surface area is 186 Å². The Morgan fingerprint density at radius 2 is 1.23 bits per heavy atom. The molecule has 0 saturated heterocycles. The molecule has 1 amide bonds. The minimum Gasteiger partial charge on any atom is -0.466 e. The average Bonchev–Trinajstić information content (AvgIpc) is 2.72. The van der Waals surface area contributed by atoms with E-state index in [1.54, 1.807) is 0 Å². The second-order valence-electron chi connectivity index (χ2n) is 8.84. The summed E-state index contributed by atoms with van der Waals surface area (Å²) in [6.45, 7) is 7.86. The summed E-state index contributed by atoms with van der Waals surface area (Å²) in [6.07, 6.45) is 18.4. The Kier molecular flexibility index (Phi) is 21.5. The van der Waals surface area contributed by atoms with Gasteiger partial charge >= 0.3 is 12.1 Å². The van der Waals surface area contributed by atoms with E-state index in [0.29, 0.717) is 32.1 Å². The topological polar surface area (TPSA) is 64.6 Å². The molecule has 0 aliphatic heterocycles. The second kappa shape index (κ2) is 22.4. The zero-order chi connectivity index (χ0) is 22.3. The highest BCUT2D eigenvalue weighted by atomic mass is 16.5. The van der Waals surface area contributed by atoms with Crippen LogP contribution in [-0.2, 0) is 14.3 Å². The Balaban J connectivity index is 3.24. The Morgan fingerprint density at radius 3 is 1.80 bits per heavy atom. The molecule has 0 aromatic carbocycles. The summed E-state index contributed by atoms with van der Waals surface area (Å²) < 4.78 is 10.3. The first kappa shape index (κ1) is 28.7. The number of alkyl carbamates (subject to hydrolysis) is 1. The number of esters is 1. The van der Waals surface area contributed by atoms with Crippen LogP contribution >= 0.6 is 0 Å². The maximum atomic E-state index is 11.7. The van der Waals surface area contributed by atoms with Crippen molar-refractivity contribution >= 4 is 12.1 Å². The fourth-order valence-corrected chi connectivity index (χ4v) is 3.26. The molecule has 178 valence electrons. The molecule has 1 N–H and O–H groups in total. The van der Waals surface area contributed by atoms with Crippen molar-refractivity contribution < 1.29 is 19.1 Å². The highest BCUT2D eigenvalue weighted by molar-refractivity contribution is 5.69. The first-order valence-corrected chi connectivity index (χ1v) is 12.6. The van der Waals surface area contributed by atoms with Crippen LogP contribution in [0, 0.1) is 5.92 Å². The van der Waals surface area contributed by atoms with Crippen LogP contribution in [-0.4, -0.2) is 31.8 Å². The van der Waals surface area contributed by atoms with Gasteiger partial charge in [0.1, 0.15) is 0 Å². The third kappa shape index (κ3) is 23.0. The number of nitrogens with one attached hydrogen (secondary N) is 1. The van der Waals surface area contributed by atoms with Gasteiger partial charge in [-0.2, -0.15) is 0 Å². The highest BCUT2D eigenvalue weighted by Gasteiger charge is 2.04. The molecule has 5 heteroatoms. The van der Waals surface area contributed by atoms with Crippen molar-refractivity contribution in [3.63, 3.8) is 0 Å². The fraction of sp³-hybridized carbons (Fsp3) is 0.920. The van der Waals surface area contributed by atoms with Crippen molar-refractivity contribution in [3.05, 3.63) is 0 Å². The molecule has 0 fully saturated rings. The normalized spacial score (nSPS) is 10.9. The Bertz CT molecular complexity index is 399. The van der Waals surface area contributed by atoms with Crippen molar-refractivity contribution in [1.82, 2.24) is 5.32 Å². The quantitative estimate of drug-likeness (QED) is 0.156. The smallest absolute Gasteiger partial charge is 0.407 e.